The second kappa shape index (κ2) is 17.6. The molecule has 4 aliphatic carbocycles. The van der Waals surface area contributed by atoms with Gasteiger partial charge in [-0.15, -0.1) is 0 Å². The zero-order chi connectivity index (χ0) is 38.1. The van der Waals surface area contributed by atoms with Crippen molar-refractivity contribution in [2.75, 3.05) is 35.4 Å². The van der Waals surface area contributed by atoms with Gasteiger partial charge in [-0.1, -0.05) is 38.5 Å². The van der Waals surface area contributed by atoms with Gasteiger partial charge in [0.2, 0.25) is 0 Å². The molecule has 2 aliphatic heterocycles. The van der Waals surface area contributed by atoms with E-state index >= 15 is 0 Å². The Kier molecular flexibility index (Phi) is 13.6. The predicted molar refractivity (Wildman–Crippen MR) is 202 cm³/mol. The van der Waals surface area contributed by atoms with E-state index in [0.29, 0.717) is 17.9 Å². The van der Waals surface area contributed by atoms with E-state index < -0.39 is 0 Å². The second-order valence-corrected chi connectivity index (χ2v) is 17.5. The van der Waals surface area contributed by atoms with E-state index in [2.05, 4.69) is 58.8 Å². The Morgan fingerprint density at radius 2 is 1.55 bits per heavy atom. The number of fused-ring (bicyclic) bond motifs is 5. The summed E-state index contributed by atoms with van der Waals surface area (Å²) in [6.07, 6.45) is 11.2. The molecule has 0 spiro atoms. The molecule has 10 nitrogen and oxygen atoms in total. The second-order valence-electron chi connectivity index (χ2n) is 17.5. The van der Waals surface area contributed by atoms with Crippen molar-refractivity contribution >= 4 is 11.8 Å². The molecular formula is C43H69NO9. The Bertz CT molecular complexity index is 1330. The van der Waals surface area contributed by atoms with Gasteiger partial charge in [0.25, 0.3) is 0 Å². The Labute approximate surface area is 319 Å². The maximum atomic E-state index is 14.8. The number of cyclic esters (lactones) is 1. The maximum absolute atomic E-state index is 14.8. The number of allylic oxidation sites excluding steroid dienone is 4. The summed E-state index contributed by atoms with van der Waals surface area (Å²) in [5.74, 6) is 0.538. The van der Waals surface area contributed by atoms with Crippen LogP contribution in [0.4, 0.5) is 0 Å². The molecule has 300 valence electrons. The topological polar surface area (TPSA) is 102 Å². The molecule has 0 N–H and O–H groups in total. The number of Topliss-reactive ketones (excluding diaryl/α,β-unsaturated/α-hetero) is 1. The molecule has 2 saturated carbocycles. The highest BCUT2D eigenvalue weighted by Crippen LogP contribution is 2.56. The van der Waals surface area contributed by atoms with Crippen molar-refractivity contribution in [3.05, 3.63) is 23.3 Å². The molecule has 2 heterocycles. The lowest BCUT2D eigenvalue weighted by Crippen LogP contribution is -2.56. The minimum atomic E-state index is -0.352. The summed E-state index contributed by atoms with van der Waals surface area (Å²) >= 11 is 0. The van der Waals surface area contributed by atoms with Gasteiger partial charge < -0.3 is 38.1 Å². The van der Waals surface area contributed by atoms with Gasteiger partial charge in [-0.2, -0.15) is 0 Å². The van der Waals surface area contributed by atoms with Crippen LogP contribution in [0.15, 0.2) is 23.3 Å². The van der Waals surface area contributed by atoms with Crippen LogP contribution < -0.4 is 0 Å². The summed E-state index contributed by atoms with van der Waals surface area (Å²) in [6, 6.07) is 0.344. The number of likely N-dealkylation sites (N-methyl/N-ethyl adjacent to an activating group) is 1. The SMILES string of the molecule is CC[C@H]1CCC[C@H](O[C@H]2CC[C@H](N(C)C)[C@@H](C)O2)[C@@H](C)C(=O)C2=C[C@@H]3[C@@H](C=C(C)[C@@H]4C[C@@H](O[C@@H]5C[C@@H](C)[C@H](OC)[C@@H](OC)[C@H]5OC)C[C@@H]34)[C@@H]2CC(=O)O1. The van der Waals surface area contributed by atoms with Gasteiger partial charge >= 0.3 is 5.97 Å². The van der Waals surface area contributed by atoms with Crippen LogP contribution in [0.5, 0.6) is 0 Å². The zero-order valence-corrected chi connectivity index (χ0v) is 34.2. The largest absolute Gasteiger partial charge is 0.462 e. The molecular weight excluding hydrogens is 674 g/mol. The van der Waals surface area contributed by atoms with E-state index in [4.69, 9.17) is 33.2 Å². The number of carbonyl (C=O) groups is 2. The van der Waals surface area contributed by atoms with Gasteiger partial charge in [-0.05, 0) is 121 Å². The Hall–Kier alpha value is -1.66. The number of carbonyl (C=O) groups excluding carboxylic acids is 2. The lowest BCUT2D eigenvalue weighted by Gasteiger charge is -2.44. The van der Waals surface area contributed by atoms with E-state index in [1.165, 1.54) is 5.57 Å². The summed E-state index contributed by atoms with van der Waals surface area (Å²) in [4.78, 5) is 30.6. The van der Waals surface area contributed by atoms with E-state index in [-0.39, 0.29) is 103 Å². The predicted octanol–water partition coefficient (Wildman–Crippen LogP) is 6.54. The fourth-order valence-corrected chi connectivity index (χ4v) is 11.3. The van der Waals surface area contributed by atoms with Crippen LogP contribution in [0, 0.1) is 41.4 Å². The normalized spacial score (nSPS) is 45.3. The Morgan fingerprint density at radius 3 is 2.21 bits per heavy atom. The third-order valence-corrected chi connectivity index (χ3v) is 14.2. The third-order valence-electron chi connectivity index (χ3n) is 14.2. The molecule has 53 heavy (non-hydrogen) atoms. The van der Waals surface area contributed by atoms with E-state index in [1.54, 1.807) is 21.3 Å². The van der Waals surface area contributed by atoms with Gasteiger partial charge in [0.05, 0.1) is 36.9 Å². The van der Waals surface area contributed by atoms with Crippen molar-refractivity contribution in [1.82, 2.24) is 4.90 Å². The molecule has 0 bridgehead atoms. The first-order chi connectivity index (χ1) is 25.4. The first kappa shape index (κ1) is 41.0. The van der Waals surface area contributed by atoms with Crippen LogP contribution in [-0.2, 0) is 42.7 Å². The van der Waals surface area contributed by atoms with Crippen molar-refractivity contribution in [3.63, 3.8) is 0 Å². The Balaban J connectivity index is 1.23. The molecule has 0 radical (unpaired) electrons. The molecule has 0 unspecified atom stereocenters. The molecule has 6 rings (SSSR count). The number of hydrogen-bond donors (Lipinski definition) is 0. The number of methoxy groups -OCH3 is 3. The number of ether oxygens (including phenoxy) is 7. The van der Waals surface area contributed by atoms with E-state index in [0.717, 1.165) is 63.4 Å². The van der Waals surface area contributed by atoms with Crippen LogP contribution in [-0.4, -0.2) is 113 Å². The van der Waals surface area contributed by atoms with Crippen LogP contribution in [0.25, 0.3) is 0 Å². The van der Waals surface area contributed by atoms with E-state index in [9.17, 15) is 9.59 Å². The minimum Gasteiger partial charge on any atom is -0.462 e. The number of hydrogen-bond acceptors (Lipinski definition) is 10. The van der Waals surface area contributed by atoms with Gasteiger partial charge in [0, 0.05) is 39.2 Å². The number of ketones is 1. The summed E-state index contributed by atoms with van der Waals surface area (Å²) < 4.78 is 44.0. The molecule has 17 atom stereocenters. The fourth-order valence-electron chi connectivity index (χ4n) is 11.3. The van der Waals surface area contributed by atoms with Gasteiger partial charge in [-0.3, -0.25) is 9.59 Å². The van der Waals surface area contributed by atoms with Crippen molar-refractivity contribution < 1.29 is 42.7 Å². The summed E-state index contributed by atoms with van der Waals surface area (Å²) in [7, 11) is 9.39. The minimum absolute atomic E-state index is 0.0442. The fraction of sp³-hybridized carbons (Fsp3) is 0.860. The average molecular weight is 744 g/mol. The molecule has 10 heteroatoms. The summed E-state index contributed by atoms with van der Waals surface area (Å²) in [5.41, 5.74) is 2.14. The Morgan fingerprint density at radius 1 is 0.811 bits per heavy atom. The number of rotatable bonds is 9. The smallest absolute Gasteiger partial charge is 0.306 e. The van der Waals surface area contributed by atoms with Gasteiger partial charge in [-0.25, -0.2) is 0 Å². The molecule has 6 aliphatic rings. The highest BCUT2D eigenvalue weighted by Gasteiger charge is 2.53. The van der Waals surface area contributed by atoms with Crippen molar-refractivity contribution in [2.24, 2.45) is 41.4 Å². The highest BCUT2D eigenvalue weighted by atomic mass is 16.7. The first-order valence-corrected chi connectivity index (χ1v) is 20.7. The highest BCUT2D eigenvalue weighted by molar-refractivity contribution is 5.99. The monoisotopic (exact) mass is 743 g/mol. The van der Waals surface area contributed by atoms with Crippen LogP contribution >= 0.6 is 0 Å². The quantitative estimate of drug-likeness (QED) is 0.191. The maximum Gasteiger partial charge on any atom is 0.306 e. The molecule has 0 aromatic heterocycles. The molecule has 2 saturated heterocycles. The molecule has 0 aromatic carbocycles. The number of esters is 1. The van der Waals surface area contributed by atoms with Crippen LogP contribution in [0.1, 0.15) is 98.8 Å². The number of nitrogens with zero attached hydrogens (tertiary/aromatic N) is 1. The lowest BCUT2D eigenvalue weighted by molar-refractivity contribution is -0.231. The van der Waals surface area contributed by atoms with Crippen molar-refractivity contribution in [1.29, 1.82) is 0 Å². The molecule has 4 fully saturated rings. The van der Waals surface area contributed by atoms with Gasteiger partial charge in [0.1, 0.15) is 18.3 Å². The lowest BCUT2D eigenvalue weighted by atomic mass is 9.67. The standard InChI is InChI=1S/C43H69NO9/c1-11-27-13-12-14-36(53-39-16-15-35(44(6)7)26(5)50-39)25(4)40(46)34-21-32-30(33(34)22-38(45)52-27)17-23(2)29-19-28(20-31(29)32)51-37-18-24(3)41(47-8)43(49-10)42(37)48-9/h17,21,24-33,35-37,39,41-43H,11-16,18-20,22H2,1-10H3/t24-,25-,26-,27+,28-,29+,30-,31-,32-,33+,35+,36+,37-,39+,41+,42+,43-/m1/s1. The first-order valence-electron chi connectivity index (χ1n) is 20.7. The molecule has 0 aromatic rings. The van der Waals surface area contributed by atoms with Crippen molar-refractivity contribution in [2.45, 2.75) is 160 Å². The molecule has 0 amide bonds. The van der Waals surface area contributed by atoms with Crippen molar-refractivity contribution in [3.8, 4) is 0 Å². The third kappa shape index (κ3) is 8.54. The average Bonchev–Trinajstić information content (AvgIpc) is 3.71. The van der Waals surface area contributed by atoms with E-state index in [1.807, 2.05) is 6.92 Å². The van der Waals surface area contributed by atoms with Crippen LogP contribution in [0.3, 0.4) is 0 Å². The summed E-state index contributed by atoms with van der Waals surface area (Å²) in [5, 5.41) is 0. The van der Waals surface area contributed by atoms with Gasteiger partial charge in [0.15, 0.2) is 12.1 Å². The zero-order valence-electron chi connectivity index (χ0n) is 34.2. The van der Waals surface area contributed by atoms with Crippen LogP contribution in [0.2, 0.25) is 0 Å². The summed E-state index contributed by atoms with van der Waals surface area (Å²) in [6.45, 7) is 10.7.